The smallest absolute Gasteiger partial charge is 0.425 e. The van der Waals surface area contributed by atoms with Crippen molar-refractivity contribution in [3.8, 4) is 12.3 Å². The van der Waals surface area contributed by atoms with Crippen molar-refractivity contribution < 1.29 is 19.4 Å². The maximum absolute atomic E-state index is 12.1. The fourth-order valence-corrected chi connectivity index (χ4v) is 1.80. The Morgan fingerprint density at radius 1 is 1.35 bits per heavy atom. The second kappa shape index (κ2) is 8.20. The number of terminal acetylenes is 1. The molecule has 124 valence electrons. The molecule has 0 aliphatic heterocycles. The molecular formula is C17H22N2O4. The van der Waals surface area contributed by atoms with Gasteiger partial charge in [-0.15, -0.1) is 6.42 Å². The van der Waals surface area contributed by atoms with Crippen LogP contribution in [0.4, 0.5) is 4.79 Å². The van der Waals surface area contributed by atoms with Gasteiger partial charge in [-0.1, -0.05) is 36.3 Å². The third kappa shape index (κ3) is 6.85. The van der Waals surface area contributed by atoms with Crippen molar-refractivity contribution in [3.63, 3.8) is 0 Å². The largest absolute Gasteiger partial charge is 0.480 e. The quantitative estimate of drug-likeness (QED) is 0.620. The summed E-state index contributed by atoms with van der Waals surface area (Å²) in [6.07, 6.45) is 4.74. The molecule has 6 nitrogen and oxygen atoms in total. The van der Waals surface area contributed by atoms with Crippen LogP contribution in [0.2, 0.25) is 0 Å². The van der Waals surface area contributed by atoms with E-state index >= 15 is 0 Å². The Labute approximate surface area is 136 Å². The second-order valence-corrected chi connectivity index (χ2v) is 5.98. The monoisotopic (exact) mass is 318 g/mol. The maximum atomic E-state index is 12.1. The van der Waals surface area contributed by atoms with Gasteiger partial charge in [0.1, 0.15) is 18.2 Å². The number of nitrogens with zero attached hydrogens (tertiary/aromatic N) is 1. The lowest BCUT2D eigenvalue weighted by atomic mass is 10.1. The number of hydrogen-bond acceptors (Lipinski definition) is 4. The summed E-state index contributed by atoms with van der Waals surface area (Å²) < 4.78 is 5.22. The zero-order valence-electron chi connectivity index (χ0n) is 13.6. The minimum atomic E-state index is -1.08. The number of amides is 1. The van der Waals surface area contributed by atoms with Crippen molar-refractivity contribution in [2.24, 2.45) is 0 Å². The molecule has 0 fully saturated rings. The molecule has 6 heteroatoms. The highest BCUT2D eigenvalue weighted by Gasteiger charge is 2.27. The number of rotatable bonds is 6. The fraction of sp³-hybridized carbons (Fsp3) is 0.412. The van der Waals surface area contributed by atoms with Gasteiger partial charge in [-0.05, 0) is 26.3 Å². The number of carbonyl (C=O) groups excluding carboxylic acids is 1. The first kappa shape index (κ1) is 18.5. The average Bonchev–Trinajstić information content (AvgIpc) is 2.45. The number of ether oxygens (including phenoxy) is 1. The van der Waals surface area contributed by atoms with Gasteiger partial charge in [0.15, 0.2) is 0 Å². The number of hydrazine groups is 1. The summed E-state index contributed by atoms with van der Waals surface area (Å²) in [5.74, 6) is 1.23. The first-order valence-corrected chi connectivity index (χ1v) is 7.20. The van der Waals surface area contributed by atoms with Gasteiger partial charge in [0.25, 0.3) is 0 Å². The standard InChI is InChI=1S/C17H22N2O4/c1-5-11-19(16(22)23-17(2,3)4)18-14(15(20)21)12-13-9-7-6-8-10-13/h1,6-10,14,18H,11-12H2,2-4H3,(H,20,21)/t14-/m0/s1. The lowest BCUT2D eigenvalue weighted by Crippen LogP contribution is -2.53. The zero-order chi connectivity index (χ0) is 17.5. The van der Waals surface area contributed by atoms with Gasteiger partial charge in [0.2, 0.25) is 0 Å². The van der Waals surface area contributed by atoms with Crippen molar-refractivity contribution in [1.82, 2.24) is 10.4 Å². The summed E-state index contributed by atoms with van der Waals surface area (Å²) in [5.41, 5.74) is 2.77. The Balaban J connectivity index is 2.83. The number of carbonyl (C=O) groups is 2. The molecule has 1 aromatic carbocycles. The van der Waals surface area contributed by atoms with Crippen LogP contribution in [0.25, 0.3) is 0 Å². The number of carboxylic acids is 1. The summed E-state index contributed by atoms with van der Waals surface area (Å²) in [4.78, 5) is 23.6. The van der Waals surface area contributed by atoms with Gasteiger partial charge >= 0.3 is 12.1 Å². The van der Waals surface area contributed by atoms with Gasteiger partial charge in [-0.3, -0.25) is 4.79 Å². The number of carboxylic acid groups (broad SMARTS) is 1. The van der Waals surface area contributed by atoms with E-state index in [2.05, 4.69) is 11.3 Å². The normalized spacial score (nSPS) is 12.1. The van der Waals surface area contributed by atoms with Gasteiger partial charge in [-0.2, -0.15) is 0 Å². The predicted molar refractivity (Wildman–Crippen MR) is 86.5 cm³/mol. The molecule has 1 atom stereocenters. The van der Waals surface area contributed by atoms with E-state index < -0.39 is 23.7 Å². The highest BCUT2D eigenvalue weighted by atomic mass is 16.6. The predicted octanol–water partition coefficient (Wildman–Crippen LogP) is 2.06. The molecule has 0 aliphatic carbocycles. The van der Waals surface area contributed by atoms with Crippen molar-refractivity contribution in [3.05, 3.63) is 35.9 Å². The summed E-state index contributed by atoms with van der Waals surface area (Å²) in [7, 11) is 0. The molecule has 0 saturated carbocycles. The van der Waals surface area contributed by atoms with Crippen LogP contribution in [-0.4, -0.2) is 40.4 Å². The number of benzene rings is 1. The molecule has 0 saturated heterocycles. The molecular weight excluding hydrogens is 296 g/mol. The van der Waals surface area contributed by atoms with E-state index in [9.17, 15) is 14.7 Å². The minimum absolute atomic E-state index is 0.104. The highest BCUT2D eigenvalue weighted by molar-refractivity contribution is 5.75. The third-order valence-electron chi connectivity index (χ3n) is 2.76. The highest BCUT2D eigenvalue weighted by Crippen LogP contribution is 2.10. The van der Waals surface area contributed by atoms with E-state index in [-0.39, 0.29) is 13.0 Å². The van der Waals surface area contributed by atoms with Crippen LogP contribution in [0.3, 0.4) is 0 Å². The lowest BCUT2D eigenvalue weighted by molar-refractivity contribution is -0.140. The molecule has 0 bridgehead atoms. The van der Waals surface area contributed by atoms with Crippen molar-refractivity contribution in [2.75, 3.05) is 6.54 Å². The van der Waals surface area contributed by atoms with E-state index in [1.54, 1.807) is 20.8 Å². The summed E-state index contributed by atoms with van der Waals surface area (Å²) in [6, 6.07) is 8.12. The van der Waals surface area contributed by atoms with Crippen LogP contribution in [0.5, 0.6) is 0 Å². The maximum Gasteiger partial charge on any atom is 0.425 e. The molecule has 0 heterocycles. The molecule has 0 aromatic heterocycles. The minimum Gasteiger partial charge on any atom is -0.480 e. The summed E-state index contributed by atoms with van der Waals surface area (Å²) in [5, 5.41) is 10.4. The van der Waals surface area contributed by atoms with Crippen LogP contribution in [0.15, 0.2) is 30.3 Å². The van der Waals surface area contributed by atoms with E-state index in [1.807, 2.05) is 30.3 Å². The van der Waals surface area contributed by atoms with Crippen molar-refractivity contribution in [1.29, 1.82) is 0 Å². The topological polar surface area (TPSA) is 78.9 Å². The lowest BCUT2D eigenvalue weighted by Gasteiger charge is -2.28. The van der Waals surface area contributed by atoms with E-state index in [0.717, 1.165) is 10.6 Å². The van der Waals surface area contributed by atoms with Crippen LogP contribution in [0.1, 0.15) is 26.3 Å². The van der Waals surface area contributed by atoms with Crippen LogP contribution < -0.4 is 5.43 Å². The van der Waals surface area contributed by atoms with Crippen molar-refractivity contribution >= 4 is 12.1 Å². The molecule has 1 aromatic rings. The molecule has 0 aliphatic rings. The van der Waals surface area contributed by atoms with Gasteiger partial charge in [0.05, 0.1) is 0 Å². The SMILES string of the molecule is C#CCN(N[C@@H](Cc1ccccc1)C(=O)O)C(=O)OC(C)(C)C. The second-order valence-electron chi connectivity index (χ2n) is 5.98. The van der Waals surface area contributed by atoms with Gasteiger partial charge < -0.3 is 9.84 Å². The summed E-state index contributed by atoms with van der Waals surface area (Å²) >= 11 is 0. The summed E-state index contributed by atoms with van der Waals surface area (Å²) in [6.45, 7) is 5.06. The third-order valence-corrected chi connectivity index (χ3v) is 2.76. The van der Waals surface area contributed by atoms with Crippen molar-refractivity contribution in [2.45, 2.75) is 38.8 Å². The number of hydrogen-bond donors (Lipinski definition) is 2. The molecule has 23 heavy (non-hydrogen) atoms. The molecule has 2 N–H and O–H groups in total. The Bertz CT molecular complexity index is 572. The van der Waals surface area contributed by atoms with Crippen LogP contribution >= 0.6 is 0 Å². The Morgan fingerprint density at radius 2 is 1.96 bits per heavy atom. The van der Waals surface area contributed by atoms with E-state index in [0.29, 0.717) is 0 Å². The molecule has 0 unspecified atom stereocenters. The number of aliphatic carboxylic acids is 1. The molecule has 0 radical (unpaired) electrons. The first-order chi connectivity index (χ1) is 10.7. The van der Waals surface area contributed by atoms with Gasteiger partial charge in [0, 0.05) is 6.42 Å². The average molecular weight is 318 g/mol. The zero-order valence-corrected chi connectivity index (χ0v) is 13.6. The Hall–Kier alpha value is -2.52. The van der Waals surface area contributed by atoms with E-state index in [1.165, 1.54) is 0 Å². The fourth-order valence-electron chi connectivity index (χ4n) is 1.80. The van der Waals surface area contributed by atoms with Gasteiger partial charge in [-0.25, -0.2) is 15.2 Å². The van der Waals surface area contributed by atoms with Crippen LogP contribution in [-0.2, 0) is 16.0 Å². The Kier molecular flexibility index (Phi) is 6.61. The van der Waals surface area contributed by atoms with Crippen LogP contribution in [0, 0.1) is 12.3 Å². The molecule has 0 spiro atoms. The first-order valence-electron chi connectivity index (χ1n) is 7.20. The van der Waals surface area contributed by atoms with E-state index in [4.69, 9.17) is 11.2 Å². The number of nitrogens with one attached hydrogen (secondary N) is 1. The molecule has 1 rings (SSSR count). The molecule has 1 amide bonds. The Morgan fingerprint density at radius 3 is 2.43 bits per heavy atom.